The highest BCUT2D eigenvalue weighted by Gasteiger charge is 2.16. The third-order valence-corrected chi connectivity index (χ3v) is 5.49. The van der Waals surface area contributed by atoms with E-state index in [1.54, 1.807) is 6.07 Å². The van der Waals surface area contributed by atoms with Crippen LogP contribution in [0.3, 0.4) is 0 Å². The summed E-state index contributed by atoms with van der Waals surface area (Å²) in [6, 6.07) is 14.9. The van der Waals surface area contributed by atoms with Crippen LogP contribution in [0.15, 0.2) is 56.8 Å². The monoisotopic (exact) mass is 432 g/mol. The van der Waals surface area contributed by atoms with E-state index in [-0.39, 0.29) is 11.6 Å². The van der Waals surface area contributed by atoms with Crippen LogP contribution in [0.4, 0.5) is 5.13 Å². The number of rotatable bonds is 4. The fraction of sp³-hybridized carbons (Fsp3) is 0. The molecule has 4 aromatic rings. The van der Waals surface area contributed by atoms with Crippen molar-refractivity contribution in [1.29, 1.82) is 0 Å². The van der Waals surface area contributed by atoms with E-state index >= 15 is 0 Å². The highest BCUT2D eigenvalue weighted by Crippen LogP contribution is 2.31. The van der Waals surface area contributed by atoms with Crippen molar-refractivity contribution in [1.82, 2.24) is 14.5 Å². The van der Waals surface area contributed by atoms with Crippen LogP contribution in [-0.2, 0) is 0 Å². The number of benzene rings is 1. The Hall–Kier alpha value is -2.36. The molecule has 0 fully saturated rings. The van der Waals surface area contributed by atoms with Gasteiger partial charge in [-0.3, -0.25) is 10.1 Å². The molecule has 0 saturated carbocycles. The smallest absolute Gasteiger partial charge is 0.279 e. The van der Waals surface area contributed by atoms with Crippen LogP contribution in [0.2, 0.25) is 0 Å². The number of amides is 1. The lowest BCUT2D eigenvalue weighted by molar-refractivity contribution is 0.101. The summed E-state index contributed by atoms with van der Waals surface area (Å²) in [5.74, 6) is 0.731. The van der Waals surface area contributed by atoms with E-state index in [4.69, 9.17) is 4.52 Å². The van der Waals surface area contributed by atoms with Gasteiger partial charge in [-0.2, -0.15) is 9.36 Å². The minimum Gasteiger partial charge on any atom is -0.355 e. The van der Waals surface area contributed by atoms with Crippen LogP contribution in [0.5, 0.6) is 0 Å². The van der Waals surface area contributed by atoms with E-state index in [2.05, 4.69) is 35.8 Å². The largest absolute Gasteiger partial charge is 0.355 e. The first-order chi connectivity index (χ1) is 12.2. The van der Waals surface area contributed by atoms with Crippen molar-refractivity contribution < 1.29 is 9.32 Å². The molecule has 0 bridgehead atoms. The Morgan fingerprint density at radius 1 is 1.16 bits per heavy atom. The molecule has 3 heterocycles. The standard InChI is InChI=1S/C16H9BrN4O2S2/c17-13-7-6-12(24-13)14-18-16(25-21-14)19-15(22)10-8-11(23-20-10)9-4-2-1-3-5-9/h1-8H,(H,18,19,21,22). The summed E-state index contributed by atoms with van der Waals surface area (Å²) < 4.78 is 10.5. The van der Waals surface area contributed by atoms with Gasteiger partial charge in [0.25, 0.3) is 5.91 Å². The molecule has 124 valence electrons. The van der Waals surface area contributed by atoms with Crippen LogP contribution in [-0.4, -0.2) is 20.4 Å². The zero-order chi connectivity index (χ0) is 17.2. The molecule has 0 atom stereocenters. The predicted octanol–water partition coefficient (Wildman–Crippen LogP) is 4.94. The molecule has 0 saturated heterocycles. The second kappa shape index (κ2) is 6.87. The summed E-state index contributed by atoms with van der Waals surface area (Å²) in [7, 11) is 0. The van der Waals surface area contributed by atoms with Gasteiger partial charge in [-0.1, -0.05) is 35.5 Å². The summed E-state index contributed by atoms with van der Waals surface area (Å²) in [6.45, 7) is 0. The second-order valence-corrected chi connectivity index (χ2v) is 8.14. The highest BCUT2D eigenvalue weighted by molar-refractivity contribution is 9.11. The van der Waals surface area contributed by atoms with E-state index in [0.717, 1.165) is 25.8 Å². The molecule has 4 rings (SSSR count). The molecule has 0 unspecified atom stereocenters. The number of carbonyl (C=O) groups excluding carboxylic acids is 1. The lowest BCUT2D eigenvalue weighted by Crippen LogP contribution is -2.11. The second-order valence-electron chi connectivity index (χ2n) is 4.92. The van der Waals surface area contributed by atoms with Crippen LogP contribution < -0.4 is 5.32 Å². The minimum atomic E-state index is -0.388. The molecule has 0 radical (unpaired) electrons. The Balaban J connectivity index is 1.49. The number of hydrogen-bond donors (Lipinski definition) is 1. The zero-order valence-corrected chi connectivity index (χ0v) is 15.7. The average molecular weight is 433 g/mol. The Kier molecular flexibility index (Phi) is 4.43. The maximum atomic E-state index is 12.3. The van der Waals surface area contributed by atoms with Crippen molar-refractivity contribution in [2.24, 2.45) is 0 Å². The van der Waals surface area contributed by atoms with Gasteiger partial charge < -0.3 is 4.52 Å². The van der Waals surface area contributed by atoms with E-state index < -0.39 is 0 Å². The molecule has 0 aliphatic heterocycles. The third-order valence-electron chi connectivity index (χ3n) is 3.24. The Bertz CT molecular complexity index is 1030. The molecule has 0 aliphatic carbocycles. The van der Waals surface area contributed by atoms with E-state index in [1.165, 1.54) is 11.3 Å². The fourth-order valence-electron chi connectivity index (χ4n) is 2.09. The minimum absolute atomic E-state index is 0.189. The number of anilines is 1. The van der Waals surface area contributed by atoms with Crippen molar-refractivity contribution in [2.75, 3.05) is 5.32 Å². The molecule has 0 spiro atoms. The number of nitrogens with one attached hydrogen (secondary N) is 1. The van der Waals surface area contributed by atoms with Crippen molar-refractivity contribution in [2.45, 2.75) is 0 Å². The topological polar surface area (TPSA) is 80.9 Å². The predicted molar refractivity (Wildman–Crippen MR) is 101 cm³/mol. The van der Waals surface area contributed by atoms with Gasteiger partial charge in [-0.15, -0.1) is 11.3 Å². The fourth-order valence-corrected chi connectivity index (χ4v) is 4.05. The van der Waals surface area contributed by atoms with Gasteiger partial charge in [0.2, 0.25) is 5.13 Å². The quantitative estimate of drug-likeness (QED) is 0.493. The molecule has 1 aromatic carbocycles. The zero-order valence-electron chi connectivity index (χ0n) is 12.5. The van der Waals surface area contributed by atoms with Crippen molar-refractivity contribution in [3.8, 4) is 22.0 Å². The summed E-state index contributed by atoms with van der Waals surface area (Å²) in [4.78, 5) is 17.6. The summed E-state index contributed by atoms with van der Waals surface area (Å²) in [6.07, 6.45) is 0. The van der Waals surface area contributed by atoms with Gasteiger partial charge in [0, 0.05) is 23.2 Å². The molecule has 9 heteroatoms. The van der Waals surface area contributed by atoms with Gasteiger partial charge in [0.15, 0.2) is 17.3 Å². The molecular weight excluding hydrogens is 424 g/mol. The molecule has 6 nitrogen and oxygen atoms in total. The van der Waals surface area contributed by atoms with Gasteiger partial charge in [0.1, 0.15) is 0 Å². The maximum Gasteiger partial charge on any atom is 0.279 e. The maximum absolute atomic E-state index is 12.3. The Labute approximate surface area is 158 Å². The third kappa shape index (κ3) is 3.53. The SMILES string of the molecule is O=C(Nc1nc(-c2ccc(Br)s2)ns1)c1cc(-c2ccccc2)on1. The van der Waals surface area contributed by atoms with Crippen LogP contribution in [0, 0.1) is 0 Å². The van der Waals surface area contributed by atoms with Crippen LogP contribution >= 0.6 is 38.8 Å². The van der Waals surface area contributed by atoms with Crippen LogP contribution in [0.1, 0.15) is 10.5 Å². The van der Waals surface area contributed by atoms with Gasteiger partial charge in [-0.25, -0.2) is 0 Å². The number of aromatic nitrogens is 3. The van der Waals surface area contributed by atoms with Crippen molar-refractivity contribution in [3.05, 3.63) is 58.0 Å². The molecular formula is C16H9BrN4O2S2. The van der Waals surface area contributed by atoms with Crippen molar-refractivity contribution >= 4 is 49.8 Å². The van der Waals surface area contributed by atoms with E-state index in [1.807, 2.05) is 42.5 Å². The van der Waals surface area contributed by atoms with E-state index in [0.29, 0.717) is 16.7 Å². The first-order valence-corrected chi connectivity index (χ1v) is 9.50. The van der Waals surface area contributed by atoms with E-state index in [9.17, 15) is 4.79 Å². The van der Waals surface area contributed by atoms with Gasteiger partial charge in [-0.05, 0) is 28.1 Å². The van der Waals surface area contributed by atoms with Crippen LogP contribution in [0.25, 0.3) is 22.0 Å². The van der Waals surface area contributed by atoms with Crippen molar-refractivity contribution in [3.63, 3.8) is 0 Å². The average Bonchev–Trinajstić information content (AvgIpc) is 3.35. The number of thiophene rings is 1. The lowest BCUT2D eigenvalue weighted by Gasteiger charge is -1.95. The lowest BCUT2D eigenvalue weighted by atomic mass is 10.1. The number of halogens is 1. The first-order valence-electron chi connectivity index (χ1n) is 7.12. The van der Waals surface area contributed by atoms with Gasteiger partial charge in [0.05, 0.1) is 8.66 Å². The highest BCUT2D eigenvalue weighted by atomic mass is 79.9. The number of nitrogens with zero attached hydrogens (tertiary/aromatic N) is 3. The Morgan fingerprint density at radius 2 is 2.00 bits per heavy atom. The first kappa shape index (κ1) is 16.1. The summed E-state index contributed by atoms with van der Waals surface area (Å²) >= 11 is 6.05. The molecule has 0 aliphatic rings. The summed E-state index contributed by atoms with van der Waals surface area (Å²) in [5.41, 5.74) is 1.05. The normalized spacial score (nSPS) is 10.8. The Morgan fingerprint density at radius 3 is 2.76 bits per heavy atom. The number of carbonyl (C=O) groups is 1. The number of hydrogen-bond acceptors (Lipinski definition) is 7. The molecule has 1 amide bonds. The molecule has 1 N–H and O–H groups in total. The molecule has 25 heavy (non-hydrogen) atoms. The molecule has 3 aromatic heterocycles. The summed E-state index contributed by atoms with van der Waals surface area (Å²) in [5, 5.41) is 6.93. The van der Waals surface area contributed by atoms with Gasteiger partial charge >= 0.3 is 0 Å².